The van der Waals surface area contributed by atoms with Crippen LogP contribution in [0.5, 0.6) is 0 Å². The Bertz CT molecular complexity index is 167. The molecule has 0 saturated heterocycles. The van der Waals surface area contributed by atoms with E-state index in [4.69, 9.17) is 0 Å². The first-order chi connectivity index (χ1) is 10.3. The Hall–Kier alpha value is -0.0400. The van der Waals surface area contributed by atoms with E-state index in [0.717, 1.165) is 6.42 Å². The summed E-state index contributed by atoms with van der Waals surface area (Å²) >= 11 is 0. The Morgan fingerprint density at radius 2 is 0.905 bits per heavy atom. The van der Waals surface area contributed by atoms with E-state index >= 15 is 0 Å². The fourth-order valence-electron chi connectivity index (χ4n) is 2.90. The molecule has 1 radical (unpaired) electrons. The largest absolute Gasteiger partial charge is 0.303 e. The second kappa shape index (κ2) is 18.0. The molecule has 0 N–H and O–H groups in total. The average Bonchev–Trinajstić information content (AvgIpc) is 2.50. The normalized spacial score (nSPS) is 11.4. The third-order valence-electron chi connectivity index (χ3n) is 4.38. The van der Waals surface area contributed by atoms with Crippen LogP contribution in [-0.4, -0.2) is 24.5 Å². The highest BCUT2D eigenvalue weighted by atomic mass is 15.1. The molecule has 0 aliphatic heterocycles. The van der Waals surface area contributed by atoms with Crippen molar-refractivity contribution in [1.29, 1.82) is 0 Å². The molecule has 0 unspecified atom stereocenters. The monoisotopic (exact) mass is 296 g/mol. The lowest BCUT2D eigenvalue weighted by molar-refractivity contribution is 0.254. The van der Waals surface area contributed by atoms with E-state index in [0.29, 0.717) is 0 Å². The van der Waals surface area contributed by atoms with Crippen LogP contribution >= 0.6 is 0 Å². The van der Waals surface area contributed by atoms with E-state index in [2.05, 4.69) is 25.7 Å². The van der Waals surface area contributed by atoms with E-state index in [-0.39, 0.29) is 0 Å². The molecule has 0 aromatic rings. The Morgan fingerprint density at radius 3 is 1.33 bits per heavy atom. The standard InChI is InChI=1S/C20H42N/c1-4-7-10-13-14-17-20-21(18-15-11-8-5-2)19-16-12-9-6-3/h1,4-20H2,2-3H3. The minimum atomic E-state index is 1.11. The molecule has 0 bridgehead atoms. The van der Waals surface area contributed by atoms with Crippen LogP contribution in [0, 0.1) is 6.92 Å². The molecular formula is C20H42N. The summed E-state index contributed by atoms with van der Waals surface area (Å²) in [6.45, 7) is 12.5. The van der Waals surface area contributed by atoms with Crippen LogP contribution in [0.1, 0.15) is 104 Å². The van der Waals surface area contributed by atoms with Gasteiger partial charge < -0.3 is 4.90 Å². The van der Waals surface area contributed by atoms with Gasteiger partial charge in [0.25, 0.3) is 0 Å². The second-order valence-corrected chi connectivity index (χ2v) is 6.58. The topological polar surface area (TPSA) is 3.24 Å². The highest BCUT2D eigenvalue weighted by Gasteiger charge is 2.04. The number of rotatable bonds is 17. The van der Waals surface area contributed by atoms with Crippen molar-refractivity contribution in [2.45, 2.75) is 104 Å². The zero-order valence-corrected chi connectivity index (χ0v) is 15.2. The van der Waals surface area contributed by atoms with Crippen LogP contribution in [0.25, 0.3) is 0 Å². The lowest BCUT2D eigenvalue weighted by Gasteiger charge is -2.22. The van der Waals surface area contributed by atoms with E-state index < -0.39 is 0 Å². The molecule has 0 saturated carbocycles. The van der Waals surface area contributed by atoms with E-state index in [1.807, 2.05) is 0 Å². The first-order valence-electron chi connectivity index (χ1n) is 9.86. The molecule has 0 fully saturated rings. The molecule has 0 rings (SSSR count). The fraction of sp³-hybridized carbons (Fsp3) is 0.950. The highest BCUT2D eigenvalue weighted by Crippen LogP contribution is 2.09. The predicted molar refractivity (Wildman–Crippen MR) is 97.8 cm³/mol. The van der Waals surface area contributed by atoms with Crippen molar-refractivity contribution in [2.24, 2.45) is 0 Å². The summed E-state index contributed by atoms with van der Waals surface area (Å²) in [5.74, 6) is 0. The van der Waals surface area contributed by atoms with Crippen molar-refractivity contribution in [3.8, 4) is 0 Å². The SMILES string of the molecule is [CH2]CCCCCCCN(CCCCCC)CCCCCC. The van der Waals surface area contributed by atoms with Gasteiger partial charge in [-0.15, -0.1) is 0 Å². The summed E-state index contributed by atoms with van der Waals surface area (Å²) in [6.07, 6.45) is 19.2. The highest BCUT2D eigenvalue weighted by molar-refractivity contribution is 4.60. The van der Waals surface area contributed by atoms with E-state index in [9.17, 15) is 0 Å². The van der Waals surface area contributed by atoms with Crippen molar-refractivity contribution >= 4 is 0 Å². The van der Waals surface area contributed by atoms with Crippen LogP contribution in [0.3, 0.4) is 0 Å². The third-order valence-corrected chi connectivity index (χ3v) is 4.38. The zero-order valence-electron chi connectivity index (χ0n) is 15.2. The van der Waals surface area contributed by atoms with Crippen LogP contribution in [-0.2, 0) is 0 Å². The number of hydrogen-bond donors (Lipinski definition) is 0. The molecule has 127 valence electrons. The van der Waals surface area contributed by atoms with Gasteiger partial charge in [0, 0.05) is 0 Å². The molecule has 0 amide bonds. The van der Waals surface area contributed by atoms with Gasteiger partial charge in [-0.2, -0.15) is 0 Å². The number of unbranched alkanes of at least 4 members (excludes halogenated alkanes) is 11. The lowest BCUT2D eigenvalue weighted by Crippen LogP contribution is -2.27. The summed E-state index contributed by atoms with van der Waals surface area (Å²) in [5, 5.41) is 0. The van der Waals surface area contributed by atoms with E-state index in [1.54, 1.807) is 0 Å². The first kappa shape index (κ1) is 21.0. The maximum absolute atomic E-state index is 3.92. The molecule has 0 aromatic heterocycles. The third kappa shape index (κ3) is 16.2. The fourth-order valence-corrected chi connectivity index (χ4v) is 2.90. The van der Waals surface area contributed by atoms with Crippen LogP contribution < -0.4 is 0 Å². The van der Waals surface area contributed by atoms with Crippen molar-refractivity contribution in [1.82, 2.24) is 4.90 Å². The molecule has 0 aromatic carbocycles. The summed E-state index contributed by atoms with van der Waals surface area (Å²) < 4.78 is 0. The van der Waals surface area contributed by atoms with Gasteiger partial charge in [-0.1, -0.05) is 91.4 Å². The molecule has 0 aliphatic carbocycles. The van der Waals surface area contributed by atoms with Crippen molar-refractivity contribution in [3.05, 3.63) is 6.92 Å². The molecule has 1 nitrogen and oxygen atoms in total. The van der Waals surface area contributed by atoms with Crippen LogP contribution in [0.15, 0.2) is 0 Å². The molecular weight excluding hydrogens is 254 g/mol. The molecule has 0 aliphatic rings. The first-order valence-corrected chi connectivity index (χ1v) is 9.86. The summed E-state index contributed by atoms with van der Waals surface area (Å²) in [5.41, 5.74) is 0. The van der Waals surface area contributed by atoms with Crippen LogP contribution in [0.4, 0.5) is 0 Å². The minimum absolute atomic E-state index is 1.11. The molecule has 1 heteroatoms. The Kier molecular flexibility index (Phi) is 18.0. The Morgan fingerprint density at radius 1 is 0.524 bits per heavy atom. The van der Waals surface area contributed by atoms with Gasteiger partial charge in [0.1, 0.15) is 0 Å². The van der Waals surface area contributed by atoms with Gasteiger partial charge in [-0.25, -0.2) is 0 Å². The maximum Gasteiger partial charge on any atom is -0.00187 e. The van der Waals surface area contributed by atoms with Gasteiger partial charge in [0.05, 0.1) is 0 Å². The zero-order chi connectivity index (χ0) is 15.6. The predicted octanol–water partition coefficient (Wildman–Crippen LogP) is 6.62. The average molecular weight is 297 g/mol. The van der Waals surface area contributed by atoms with Crippen molar-refractivity contribution < 1.29 is 0 Å². The van der Waals surface area contributed by atoms with Crippen LogP contribution in [0.2, 0.25) is 0 Å². The quantitative estimate of drug-likeness (QED) is 0.272. The molecule has 0 atom stereocenters. The van der Waals surface area contributed by atoms with Gasteiger partial charge >= 0.3 is 0 Å². The Balaban J connectivity index is 3.67. The molecule has 0 spiro atoms. The van der Waals surface area contributed by atoms with Crippen molar-refractivity contribution in [3.63, 3.8) is 0 Å². The Labute approximate surface area is 135 Å². The molecule has 0 heterocycles. The number of nitrogens with zero attached hydrogens (tertiary/aromatic N) is 1. The van der Waals surface area contributed by atoms with Gasteiger partial charge in [-0.3, -0.25) is 0 Å². The second-order valence-electron chi connectivity index (χ2n) is 6.58. The smallest absolute Gasteiger partial charge is 0.00187 e. The summed E-state index contributed by atoms with van der Waals surface area (Å²) in [6, 6.07) is 0. The minimum Gasteiger partial charge on any atom is -0.303 e. The lowest BCUT2D eigenvalue weighted by atomic mass is 10.1. The maximum atomic E-state index is 3.92. The van der Waals surface area contributed by atoms with Gasteiger partial charge in [0.15, 0.2) is 0 Å². The van der Waals surface area contributed by atoms with Gasteiger partial charge in [0.2, 0.25) is 0 Å². The number of hydrogen-bond acceptors (Lipinski definition) is 1. The van der Waals surface area contributed by atoms with E-state index in [1.165, 1.54) is 103 Å². The summed E-state index contributed by atoms with van der Waals surface area (Å²) in [7, 11) is 0. The molecule has 21 heavy (non-hydrogen) atoms. The van der Waals surface area contributed by atoms with Gasteiger partial charge in [-0.05, 0) is 38.9 Å². The van der Waals surface area contributed by atoms with Crippen molar-refractivity contribution in [2.75, 3.05) is 19.6 Å². The summed E-state index contributed by atoms with van der Waals surface area (Å²) in [4.78, 5) is 2.74.